The maximum absolute atomic E-state index is 11.5. The fourth-order valence-electron chi connectivity index (χ4n) is 2.95. The van der Waals surface area contributed by atoms with Crippen LogP contribution in [0, 0.1) is 0 Å². The van der Waals surface area contributed by atoms with Gasteiger partial charge in [-0.25, -0.2) is 0 Å². The minimum absolute atomic E-state index is 0.150. The fraction of sp³-hybridized carbons (Fsp3) is 0.368. The summed E-state index contributed by atoms with van der Waals surface area (Å²) in [6, 6.07) is 14.9. The number of benzene rings is 2. The lowest BCUT2D eigenvalue weighted by atomic mass is 9.78. The molecule has 0 saturated heterocycles. The number of nitrogens with zero attached hydrogens (tertiary/aromatic N) is 1. The lowest BCUT2D eigenvalue weighted by Crippen LogP contribution is -2.31. The second-order valence-electron chi connectivity index (χ2n) is 6.21. The van der Waals surface area contributed by atoms with E-state index < -0.39 is 5.60 Å². The topological polar surface area (TPSA) is 43.7 Å². The Bertz CT molecular complexity index is 631. The zero-order valence-electron chi connectivity index (χ0n) is 13.9. The van der Waals surface area contributed by atoms with Crippen molar-refractivity contribution in [3.05, 3.63) is 65.2 Å². The van der Waals surface area contributed by atoms with Crippen LogP contribution in [0.25, 0.3) is 0 Å². The molecule has 3 nitrogen and oxygen atoms in total. The summed E-state index contributed by atoms with van der Waals surface area (Å²) >= 11 is 0. The molecule has 0 aliphatic heterocycles. The maximum atomic E-state index is 11.5. The Balaban J connectivity index is 2.45. The Hall–Kier alpha value is -1.62. The van der Waals surface area contributed by atoms with Gasteiger partial charge in [-0.3, -0.25) is 0 Å². The summed E-state index contributed by atoms with van der Waals surface area (Å²) in [6.45, 7) is 0.738. The highest BCUT2D eigenvalue weighted by atomic mass is 16.3. The molecule has 2 aromatic carbocycles. The van der Waals surface area contributed by atoms with Crippen molar-refractivity contribution in [3.63, 3.8) is 0 Å². The van der Waals surface area contributed by atoms with Crippen LogP contribution in [0.1, 0.15) is 29.5 Å². The van der Waals surface area contributed by atoms with Crippen LogP contribution in [0.15, 0.2) is 48.5 Å². The first kappa shape index (κ1) is 17.7. The van der Waals surface area contributed by atoms with Crippen LogP contribution in [0.3, 0.4) is 0 Å². The van der Waals surface area contributed by atoms with E-state index in [0.717, 1.165) is 24.1 Å². The van der Waals surface area contributed by atoms with Crippen molar-refractivity contribution in [1.82, 2.24) is 4.90 Å². The highest BCUT2D eigenvalue weighted by molar-refractivity contribution is 6.32. The van der Waals surface area contributed by atoms with Crippen molar-refractivity contribution in [3.8, 4) is 0 Å². The Morgan fingerprint density at radius 3 is 2.39 bits per heavy atom. The molecule has 120 valence electrons. The molecule has 0 unspecified atom stereocenters. The monoisotopic (exact) mass is 309 g/mol. The summed E-state index contributed by atoms with van der Waals surface area (Å²) in [4.78, 5) is 2.10. The number of aliphatic hydroxyl groups is 2. The second kappa shape index (κ2) is 7.78. The minimum Gasteiger partial charge on any atom is -0.392 e. The lowest BCUT2D eigenvalue weighted by Gasteiger charge is -2.32. The van der Waals surface area contributed by atoms with Crippen molar-refractivity contribution >= 4 is 13.3 Å². The summed E-state index contributed by atoms with van der Waals surface area (Å²) < 4.78 is 0. The normalized spacial score (nSPS) is 14.0. The van der Waals surface area contributed by atoms with Gasteiger partial charge >= 0.3 is 0 Å². The number of aliphatic hydroxyl groups excluding tert-OH is 1. The molecule has 0 aliphatic rings. The predicted molar refractivity (Wildman–Crippen MR) is 95.0 cm³/mol. The first-order valence-electron chi connectivity index (χ1n) is 7.89. The average molecular weight is 309 g/mol. The standard InChI is InChI=1S/C19H24BNO2/c1-21(2)12-6-11-19(23,16-7-4-3-5-8-16)18-10-9-17(20)13-15(18)14-22/h3-5,7-10,13,22-23H,6,11-12,14H2,1-2H3/t19-/m0/s1. The Morgan fingerprint density at radius 1 is 1.09 bits per heavy atom. The van der Waals surface area contributed by atoms with Crippen molar-refractivity contribution in [2.75, 3.05) is 20.6 Å². The predicted octanol–water partition coefficient (Wildman–Crippen LogP) is 1.55. The van der Waals surface area contributed by atoms with E-state index in [4.69, 9.17) is 7.85 Å². The highest BCUT2D eigenvalue weighted by Gasteiger charge is 2.32. The molecule has 0 bridgehead atoms. The fourth-order valence-corrected chi connectivity index (χ4v) is 2.95. The molecule has 0 spiro atoms. The lowest BCUT2D eigenvalue weighted by molar-refractivity contribution is 0.0642. The van der Waals surface area contributed by atoms with Gasteiger partial charge in [-0.2, -0.15) is 0 Å². The van der Waals surface area contributed by atoms with Crippen LogP contribution in [0.5, 0.6) is 0 Å². The zero-order chi connectivity index (χ0) is 16.9. The van der Waals surface area contributed by atoms with Crippen LogP contribution >= 0.6 is 0 Å². The molecule has 2 aromatic rings. The molecule has 1 atom stereocenters. The van der Waals surface area contributed by atoms with Crippen LogP contribution in [0.4, 0.5) is 0 Å². The molecule has 2 rings (SSSR count). The molecule has 2 N–H and O–H groups in total. The Kier molecular flexibility index (Phi) is 6.00. The molecule has 2 radical (unpaired) electrons. The third-order valence-electron chi connectivity index (χ3n) is 4.14. The van der Waals surface area contributed by atoms with Crippen molar-refractivity contribution in [1.29, 1.82) is 0 Å². The second-order valence-corrected chi connectivity index (χ2v) is 6.21. The largest absolute Gasteiger partial charge is 0.392 e. The zero-order valence-corrected chi connectivity index (χ0v) is 13.9. The third kappa shape index (κ3) is 4.22. The van der Waals surface area contributed by atoms with Crippen LogP contribution in [-0.4, -0.2) is 43.6 Å². The molecule has 0 aliphatic carbocycles. The van der Waals surface area contributed by atoms with Gasteiger partial charge in [-0.05, 0) is 50.2 Å². The van der Waals surface area contributed by atoms with E-state index in [9.17, 15) is 10.2 Å². The Morgan fingerprint density at radius 2 is 1.78 bits per heavy atom. The summed E-state index contributed by atoms with van der Waals surface area (Å²) in [6.07, 6.45) is 1.42. The van der Waals surface area contributed by atoms with Gasteiger partial charge in [0.2, 0.25) is 0 Å². The van der Waals surface area contributed by atoms with Crippen LogP contribution in [-0.2, 0) is 12.2 Å². The molecular formula is C19H24BNO2. The van der Waals surface area contributed by atoms with Gasteiger partial charge in [-0.15, -0.1) is 0 Å². The van der Waals surface area contributed by atoms with Crippen molar-refractivity contribution < 1.29 is 10.2 Å². The number of hydrogen-bond donors (Lipinski definition) is 2. The van der Waals surface area contributed by atoms with Crippen molar-refractivity contribution in [2.45, 2.75) is 25.0 Å². The van der Waals surface area contributed by atoms with E-state index in [2.05, 4.69) is 4.90 Å². The van der Waals surface area contributed by atoms with E-state index in [1.807, 2.05) is 50.5 Å². The highest BCUT2D eigenvalue weighted by Crippen LogP contribution is 2.35. The smallest absolute Gasteiger partial charge is 0.115 e. The molecule has 0 aromatic heterocycles. The molecule has 4 heteroatoms. The van der Waals surface area contributed by atoms with E-state index >= 15 is 0 Å². The van der Waals surface area contributed by atoms with E-state index in [0.29, 0.717) is 17.4 Å². The van der Waals surface area contributed by atoms with Gasteiger partial charge in [0.05, 0.1) is 6.61 Å². The molecule has 0 heterocycles. The first-order chi connectivity index (χ1) is 11.0. The number of hydrogen-bond acceptors (Lipinski definition) is 3. The summed E-state index contributed by atoms with van der Waals surface area (Å²) in [5.74, 6) is 0. The van der Waals surface area contributed by atoms with Crippen LogP contribution < -0.4 is 5.46 Å². The maximum Gasteiger partial charge on any atom is 0.115 e. The Labute approximate surface area is 140 Å². The van der Waals surface area contributed by atoms with Gasteiger partial charge in [0.1, 0.15) is 13.4 Å². The van der Waals surface area contributed by atoms with Crippen LogP contribution in [0.2, 0.25) is 0 Å². The summed E-state index contributed by atoms with van der Waals surface area (Å²) in [5.41, 5.74) is 1.67. The van der Waals surface area contributed by atoms with Gasteiger partial charge < -0.3 is 15.1 Å². The SMILES string of the molecule is [B]c1ccc([C@](O)(CCCN(C)C)c2ccccc2)c(CO)c1. The third-order valence-corrected chi connectivity index (χ3v) is 4.14. The first-order valence-corrected chi connectivity index (χ1v) is 7.89. The minimum atomic E-state index is -1.14. The molecule has 0 fully saturated rings. The summed E-state index contributed by atoms with van der Waals surface area (Å²) in [5, 5.41) is 21.2. The molecule has 0 amide bonds. The molecular weight excluding hydrogens is 285 g/mol. The molecule has 0 saturated carbocycles. The molecule has 23 heavy (non-hydrogen) atoms. The van der Waals surface area contributed by atoms with E-state index in [-0.39, 0.29) is 6.61 Å². The van der Waals surface area contributed by atoms with Crippen molar-refractivity contribution in [2.24, 2.45) is 0 Å². The van der Waals surface area contributed by atoms with Gasteiger partial charge in [0.15, 0.2) is 0 Å². The van der Waals surface area contributed by atoms with E-state index in [1.165, 1.54) is 0 Å². The van der Waals surface area contributed by atoms with E-state index in [1.54, 1.807) is 12.1 Å². The van der Waals surface area contributed by atoms with Gasteiger partial charge in [0.25, 0.3) is 0 Å². The van der Waals surface area contributed by atoms with Gasteiger partial charge in [0, 0.05) is 0 Å². The quantitative estimate of drug-likeness (QED) is 0.763. The average Bonchev–Trinajstić information content (AvgIpc) is 2.55. The summed E-state index contributed by atoms with van der Waals surface area (Å²) in [7, 11) is 9.86. The number of rotatable bonds is 7. The van der Waals surface area contributed by atoms with Gasteiger partial charge in [-0.1, -0.05) is 54.0 Å².